The summed E-state index contributed by atoms with van der Waals surface area (Å²) in [5.74, 6) is 0.880. The zero-order valence-electron chi connectivity index (χ0n) is 13.1. The van der Waals surface area contributed by atoms with Gasteiger partial charge in [-0.2, -0.15) is 5.26 Å². The predicted molar refractivity (Wildman–Crippen MR) is 84.4 cm³/mol. The van der Waals surface area contributed by atoms with Crippen LogP contribution in [-0.2, 0) is 6.42 Å². The lowest BCUT2D eigenvalue weighted by atomic mass is 10.1. The SMILES string of the molecule is CN1CCCC(N(C)CCOc2ccc(CC#N)cc2)C1. The predicted octanol–water partition coefficient (Wildman–Crippen LogP) is 2.16. The number of nitrogens with zero attached hydrogens (tertiary/aromatic N) is 3. The minimum absolute atomic E-state index is 0.457. The Kier molecular flexibility index (Phi) is 6.04. The molecular formula is C17H25N3O. The molecule has 0 N–H and O–H groups in total. The molecule has 0 aromatic heterocycles. The normalized spacial score (nSPS) is 19.4. The van der Waals surface area contributed by atoms with Gasteiger partial charge in [-0.3, -0.25) is 4.90 Å². The van der Waals surface area contributed by atoms with Crippen molar-refractivity contribution in [2.75, 3.05) is 40.3 Å². The van der Waals surface area contributed by atoms with E-state index in [1.165, 1.54) is 19.4 Å². The fraction of sp³-hybridized carbons (Fsp3) is 0.588. The molecule has 0 saturated carbocycles. The third-order valence-corrected chi connectivity index (χ3v) is 4.14. The molecule has 0 spiro atoms. The maximum absolute atomic E-state index is 8.64. The zero-order chi connectivity index (χ0) is 15.1. The standard InChI is InChI=1S/C17H25N3O/c1-19-11-3-4-16(14-19)20(2)12-13-21-17-7-5-15(6-8-17)9-10-18/h5-8,16H,3-4,9,11-14H2,1-2H3. The lowest BCUT2D eigenvalue weighted by Crippen LogP contribution is -2.46. The molecular weight excluding hydrogens is 262 g/mol. The summed E-state index contributed by atoms with van der Waals surface area (Å²) in [5.41, 5.74) is 1.03. The van der Waals surface area contributed by atoms with Crippen LogP contribution in [0.15, 0.2) is 24.3 Å². The van der Waals surface area contributed by atoms with Crippen LogP contribution in [0, 0.1) is 11.3 Å². The first-order valence-corrected chi connectivity index (χ1v) is 7.66. The van der Waals surface area contributed by atoms with Gasteiger partial charge < -0.3 is 9.64 Å². The third kappa shape index (κ3) is 5.04. The maximum Gasteiger partial charge on any atom is 0.119 e. The summed E-state index contributed by atoms with van der Waals surface area (Å²) in [6, 6.07) is 10.6. The molecule has 1 aromatic rings. The van der Waals surface area contributed by atoms with Gasteiger partial charge in [0.2, 0.25) is 0 Å². The van der Waals surface area contributed by atoms with E-state index < -0.39 is 0 Å². The summed E-state index contributed by atoms with van der Waals surface area (Å²) in [7, 11) is 4.38. The maximum atomic E-state index is 8.64. The Morgan fingerprint density at radius 2 is 2.14 bits per heavy atom. The second-order valence-electron chi connectivity index (χ2n) is 5.87. The van der Waals surface area contributed by atoms with Gasteiger partial charge >= 0.3 is 0 Å². The van der Waals surface area contributed by atoms with E-state index in [4.69, 9.17) is 10.00 Å². The van der Waals surface area contributed by atoms with Gasteiger partial charge in [-0.05, 0) is 51.2 Å². The molecule has 1 atom stereocenters. The van der Waals surface area contributed by atoms with Crippen molar-refractivity contribution in [3.63, 3.8) is 0 Å². The number of rotatable bonds is 6. The van der Waals surface area contributed by atoms with Crippen molar-refractivity contribution in [1.82, 2.24) is 9.80 Å². The van der Waals surface area contributed by atoms with Crippen LogP contribution in [0.4, 0.5) is 0 Å². The van der Waals surface area contributed by atoms with E-state index in [-0.39, 0.29) is 0 Å². The van der Waals surface area contributed by atoms with Gasteiger partial charge in [0.1, 0.15) is 12.4 Å². The van der Waals surface area contributed by atoms with Gasteiger partial charge in [-0.25, -0.2) is 0 Å². The van der Waals surface area contributed by atoms with E-state index in [1.807, 2.05) is 24.3 Å². The highest BCUT2D eigenvalue weighted by atomic mass is 16.5. The van der Waals surface area contributed by atoms with Gasteiger partial charge in [-0.15, -0.1) is 0 Å². The molecule has 4 heteroatoms. The molecule has 0 radical (unpaired) electrons. The summed E-state index contributed by atoms with van der Waals surface area (Å²) in [4.78, 5) is 4.80. The van der Waals surface area contributed by atoms with Crippen LogP contribution in [0.2, 0.25) is 0 Å². The molecule has 1 aromatic carbocycles. The second kappa shape index (κ2) is 8.02. The molecule has 21 heavy (non-hydrogen) atoms. The van der Waals surface area contributed by atoms with Gasteiger partial charge in [0, 0.05) is 19.1 Å². The van der Waals surface area contributed by atoms with Crippen LogP contribution in [0.25, 0.3) is 0 Å². The summed E-state index contributed by atoms with van der Waals surface area (Å²) >= 11 is 0. The highest BCUT2D eigenvalue weighted by molar-refractivity contribution is 5.28. The monoisotopic (exact) mass is 287 g/mol. The van der Waals surface area contributed by atoms with Crippen LogP contribution < -0.4 is 4.74 Å². The fourth-order valence-electron chi connectivity index (χ4n) is 2.78. The number of nitriles is 1. The van der Waals surface area contributed by atoms with Crippen LogP contribution in [-0.4, -0.2) is 56.2 Å². The first-order valence-electron chi connectivity index (χ1n) is 7.66. The van der Waals surface area contributed by atoms with Crippen molar-refractivity contribution < 1.29 is 4.74 Å². The van der Waals surface area contributed by atoms with Gasteiger partial charge in [0.05, 0.1) is 12.5 Å². The average molecular weight is 287 g/mol. The fourth-order valence-corrected chi connectivity index (χ4v) is 2.78. The number of benzene rings is 1. The molecule has 1 aliphatic heterocycles. The molecule has 1 heterocycles. The Morgan fingerprint density at radius 1 is 1.38 bits per heavy atom. The Morgan fingerprint density at radius 3 is 2.81 bits per heavy atom. The number of ether oxygens (including phenoxy) is 1. The number of hydrogen-bond acceptors (Lipinski definition) is 4. The van der Waals surface area contributed by atoms with Crippen molar-refractivity contribution in [3.05, 3.63) is 29.8 Å². The highest BCUT2D eigenvalue weighted by Crippen LogP contribution is 2.15. The third-order valence-electron chi connectivity index (χ3n) is 4.14. The lowest BCUT2D eigenvalue weighted by molar-refractivity contribution is 0.119. The van der Waals surface area contributed by atoms with Crippen molar-refractivity contribution in [3.8, 4) is 11.8 Å². The molecule has 2 rings (SSSR count). The summed E-state index contributed by atoms with van der Waals surface area (Å²) in [6.07, 6.45) is 3.02. The molecule has 0 bridgehead atoms. The van der Waals surface area contributed by atoms with Crippen LogP contribution in [0.5, 0.6) is 5.75 Å². The van der Waals surface area contributed by atoms with Crippen molar-refractivity contribution >= 4 is 0 Å². The zero-order valence-corrected chi connectivity index (χ0v) is 13.1. The first kappa shape index (κ1) is 15.8. The summed E-state index contributed by atoms with van der Waals surface area (Å²) in [6.45, 7) is 4.02. The number of likely N-dealkylation sites (N-methyl/N-ethyl adjacent to an activating group) is 2. The smallest absolute Gasteiger partial charge is 0.119 e. The number of likely N-dealkylation sites (tertiary alicyclic amines) is 1. The lowest BCUT2D eigenvalue weighted by Gasteiger charge is -2.35. The minimum atomic E-state index is 0.457. The summed E-state index contributed by atoms with van der Waals surface area (Å²) < 4.78 is 5.79. The van der Waals surface area contributed by atoms with E-state index in [1.54, 1.807) is 0 Å². The Labute approximate surface area is 127 Å². The second-order valence-corrected chi connectivity index (χ2v) is 5.87. The first-order chi connectivity index (χ1) is 10.2. The molecule has 4 nitrogen and oxygen atoms in total. The molecule has 1 saturated heterocycles. The van der Waals surface area contributed by atoms with E-state index >= 15 is 0 Å². The van der Waals surface area contributed by atoms with E-state index in [0.29, 0.717) is 19.1 Å². The van der Waals surface area contributed by atoms with E-state index in [0.717, 1.165) is 24.4 Å². The topological polar surface area (TPSA) is 39.5 Å². The molecule has 114 valence electrons. The molecule has 1 unspecified atom stereocenters. The quantitative estimate of drug-likeness (QED) is 0.804. The van der Waals surface area contributed by atoms with E-state index in [2.05, 4.69) is 30.0 Å². The Bertz CT molecular complexity index is 466. The van der Waals surface area contributed by atoms with Crippen LogP contribution >= 0.6 is 0 Å². The Hall–Kier alpha value is -1.57. The largest absolute Gasteiger partial charge is 0.492 e. The van der Waals surface area contributed by atoms with E-state index in [9.17, 15) is 0 Å². The Balaban J connectivity index is 1.72. The van der Waals surface area contributed by atoms with Gasteiger partial charge in [0.15, 0.2) is 0 Å². The highest BCUT2D eigenvalue weighted by Gasteiger charge is 2.20. The molecule has 0 aliphatic carbocycles. The minimum Gasteiger partial charge on any atom is -0.492 e. The number of piperidine rings is 1. The molecule has 0 amide bonds. The van der Waals surface area contributed by atoms with Crippen molar-refractivity contribution in [1.29, 1.82) is 5.26 Å². The van der Waals surface area contributed by atoms with Crippen molar-refractivity contribution in [2.24, 2.45) is 0 Å². The van der Waals surface area contributed by atoms with Gasteiger partial charge in [0.25, 0.3) is 0 Å². The average Bonchev–Trinajstić information content (AvgIpc) is 2.49. The molecule has 1 fully saturated rings. The summed E-state index contributed by atoms with van der Waals surface area (Å²) in [5, 5.41) is 8.64. The van der Waals surface area contributed by atoms with Gasteiger partial charge in [-0.1, -0.05) is 12.1 Å². The van der Waals surface area contributed by atoms with Crippen molar-refractivity contribution in [2.45, 2.75) is 25.3 Å². The molecule has 1 aliphatic rings. The van der Waals surface area contributed by atoms with Crippen LogP contribution in [0.1, 0.15) is 18.4 Å². The number of hydrogen-bond donors (Lipinski definition) is 0. The van der Waals surface area contributed by atoms with Crippen LogP contribution in [0.3, 0.4) is 0 Å².